The van der Waals surface area contributed by atoms with Crippen molar-refractivity contribution in [1.82, 2.24) is 0 Å². The molecule has 0 radical (unpaired) electrons. The molecular formula is C26H31NO6. The first-order valence-corrected chi connectivity index (χ1v) is 10.7. The zero-order chi connectivity index (χ0) is 24.8. The molecule has 7 heteroatoms. The summed E-state index contributed by atoms with van der Waals surface area (Å²) in [6.07, 6.45) is 0. The summed E-state index contributed by atoms with van der Waals surface area (Å²) < 4.78 is 5.44. The van der Waals surface area contributed by atoms with Crippen LogP contribution in [0.5, 0.6) is 0 Å². The van der Waals surface area contributed by atoms with E-state index in [1.165, 1.54) is 12.1 Å². The van der Waals surface area contributed by atoms with Crippen LogP contribution < -0.4 is 0 Å². The normalized spacial score (nSPS) is 12.3. The van der Waals surface area contributed by atoms with E-state index in [0.29, 0.717) is 16.7 Å². The lowest BCUT2D eigenvalue weighted by Crippen LogP contribution is -2.21. The molecule has 1 N–H and O–H groups in total. The Labute approximate surface area is 194 Å². The molecule has 0 amide bonds. The van der Waals surface area contributed by atoms with E-state index in [9.17, 15) is 14.4 Å². The van der Waals surface area contributed by atoms with Gasteiger partial charge >= 0.3 is 5.97 Å². The van der Waals surface area contributed by atoms with Gasteiger partial charge in [-0.25, -0.2) is 4.79 Å². The lowest BCUT2D eigenvalue weighted by atomic mass is 9.86. The van der Waals surface area contributed by atoms with Gasteiger partial charge in [-0.1, -0.05) is 65.8 Å². The van der Waals surface area contributed by atoms with Gasteiger partial charge in [0.05, 0.1) is 12.2 Å². The Morgan fingerprint density at radius 2 is 1.12 bits per heavy atom. The number of Topliss-reactive ketones (excluding diaryl/α,β-unsaturated/α-hetero) is 2. The van der Waals surface area contributed by atoms with Crippen molar-refractivity contribution in [3.05, 3.63) is 70.8 Å². The molecule has 2 aromatic rings. The van der Waals surface area contributed by atoms with Crippen LogP contribution in [-0.4, -0.2) is 41.8 Å². The highest BCUT2D eigenvalue weighted by Crippen LogP contribution is 2.22. The van der Waals surface area contributed by atoms with Crippen molar-refractivity contribution >= 4 is 23.4 Å². The van der Waals surface area contributed by atoms with Crippen molar-refractivity contribution in [1.29, 1.82) is 0 Å². The highest BCUT2D eigenvalue weighted by molar-refractivity contribution is 6.06. The van der Waals surface area contributed by atoms with Crippen LogP contribution >= 0.6 is 0 Å². The Morgan fingerprint density at radius 3 is 1.52 bits per heavy atom. The fourth-order valence-electron chi connectivity index (χ4n) is 2.81. The molecule has 0 aromatic heterocycles. The maximum absolute atomic E-state index is 12.7. The number of hydrogen-bond donors (Lipinski definition) is 1. The average Bonchev–Trinajstić information content (AvgIpc) is 2.76. The second kappa shape index (κ2) is 10.5. The van der Waals surface area contributed by atoms with Gasteiger partial charge in [0.2, 0.25) is 0 Å². The first kappa shape index (κ1) is 25.9. The maximum atomic E-state index is 12.7. The van der Waals surface area contributed by atoms with E-state index in [4.69, 9.17) is 14.7 Å². The second-order valence-corrected chi connectivity index (χ2v) is 9.66. The SMILES string of the molecule is CC(C)(C)C(=O)c1ccc(C(=O)O/C(=N/OCCO)c2ccc(C(=O)C(C)(C)C)cc2)cc1. The molecule has 0 atom stereocenters. The lowest BCUT2D eigenvalue weighted by molar-refractivity contribution is 0.0666. The summed E-state index contributed by atoms with van der Waals surface area (Å²) in [5.74, 6) is -0.859. The zero-order valence-corrected chi connectivity index (χ0v) is 20.0. The van der Waals surface area contributed by atoms with Crippen molar-refractivity contribution in [3.8, 4) is 0 Å². The minimum absolute atomic E-state index is 0.0223. The van der Waals surface area contributed by atoms with Gasteiger partial charge in [-0.05, 0) is 29.4 Å². The summed E-state index contributed by atoms with van der Waals surface area (Å²) in [5.41, 5.74) is 0.606. The van der Waals surface area contributed by atoms with Crippen molar-refractivity contribution in [2.45, 2.75) is 41.5 Å². The summed E-state index contributed by atoms with van der Waals surface area (Å²) in [4.78, 5) is 42.6. The van der Waals surface area contributed by atoms with Crippen LogP contribution in [0, 0.1) is 10.8 Å². The van der Waals surface area contributed by atoms with E-state index in [2.05, 4.69) is 5.16 Å². The Hall–Kier alpha value is -3.32. The van der Waals surface area contributed by atoms with Gasteiger partial charge in [0.15, 0.2) is 11.6 Å². The highest BCUT2D eigenvalue weighted by Gasteiger charge is 2.24. The third kappa shape index (κ3) is 7.08. The summed E-state index contributed by atoms with van der Waals surface area (Å²) >= 11 is 0. The molecule has 0 unspecified atom stereocenters. The quantitative estimate of drug-likeness (QED) is 0.163. The molecule has 2 rings (SSSR count). The molecule has 2 aromatic carbocycles. The Kier molecular flexibility index (Phi) is 8.28. The zero-order valence-electron chi connectivity index (χ0n) is 20.0. The Bertz CT molecular complexity index is 1020. The second-order valence-electron chi connectivity index (χ2n) is 9.66. The van der Waals surface area contributed by atoms with Crippen molar-refractivity contribution in [3.63, 3.8) is 0 Å². The van der Waals surface area contributed by atoms with Gasteiger partial charge in [-0.3, -0.25) is 9.59 Å². The number of rotatable bonds is 7. The molecule has 0 saturated carbocycles. The summed E-state index contributed by atoms with van der Waals surface area (Å²) in [6, 6.07) is 12.7. The third-order valence-electron chi connectivity index (χ3n) is 4.66. The summed E-state index contributed by atoms with van der Waals surface area (Å²) in [7, 11) is 0. The Morgan fingerprint density at radius 1 is 0.727 bits per heavy atom. The number of benzene rings is 2. The first-order chi connectivity index (χ1) is 15.3. The molecule has 0 spiro atoms. The number of ether oxygens (including phenoxy) is 1. The minimum atomic E-state index is -0.689. The van der Waals surface area contributed by atoms with E-state index in [-0.39, 0.29) is 36.2 Å². The van der Waals surface area contributed by atoms with E-state index in [1.807, 2.05) is 41.5 Å². The van der Waals surface area contributed by atoms with E-state index in [0.717, 1.165) is 0 Å². The first-order valence-electron chi connectivity index (χ1n) is 10.7. The summed E-state index contributed by atoms with van der Waals surface area (Å²) in [5, 5.41) is 12.8. The van der Waals surface area contributed by atoms with Gasteiger partial charge in [-0.2, -0.15) is 0 Å². The number of hydrogen-bond acceptors (Lipinski definition) is 7. The van der Waals surface area contributed by atoms with Gasteiger partial charge in [0.25, 0.3) is 5.90 Å². The maximum Gasteiger partial charge on any atom is 0.344 e. The number of carbonyl (C=O) groups excluding carboxylic acids is 3. The molecule has 33 heavy (non-hydrogen) atoms. The molecule has 0 heterocycles. The molecule has 0 bridgehead atoms. The monoisotopic (exact) mass is 453 g/mol. The van der Waals surface area contributed by atoms with Crippen molar-refractivity contribution in [2.75, 3.05) is 13.2 Å². The van der Waals surface area contributed by atoms with Crippen molar-refractivity contribution < 1.29 is 29.1 Å². The smallest absolute Gasteiger partial charge is 0.344 e. The predicted octanol–water partition coefficient (Wildman–Crippen LogP) is 4.67. The van der Waals surface area contributed by atoms with Gasteiger partial charge in [-0.15, -0.1) is 0 Å². The van der Waals surface area contributed by atoms with Crippen LogP contribution in [0.4, 0.5) is 0 Å². The van der Waals surface area contributed by atoms with Gasteiger partial charge in [0.1, 0.15) is 6.61 Å². The van der Waals surface area contributed by atoms with E-state index >= 15 is 0 Å². The number of aliphatic hydroxyl groups is 1. The number of esters is 1. The Balaban J connectivity index is 2.25. The number of ketones is 2. The van der Waals surface area contributed by atoms with Crippen LogP contribution in [0.15, 0.2) is 53.7 Å². The van der Waals surface area contributed by atoms with Crippen LogP contribution in [0.2, 0.25) is 0 Å². The van der Waals surface area contributed by atoms with Crippen LogP contribution in [0.3, 0.4) is 0 Å². The van der Waals surface area contributed by atoms with Crippen molar-refractivity contribution in [2.24, 2.45) is 16.0 Å². The molecule has 0 aliphatic rings. The van der Waals surface area contributed by atoms with Crippen LogP contribution in [0.1, 0.15) is 78.2 Å². The topological polar surface area (TPSA) is 102 Å². The molecule has 176 valence electrons. The average molecular weight is 454 g/mol. The number of aliphatic hydroxyl groups excluding tert-OH is 1. The third-order valence-corrected chi connectivity index (χ3v) is 4.66. The molecular weight excluding hydrogens is 422 g/mol. The van der Waals surface area contributed by atoms with Gasteiger partial charge in [0, 0.05) is 27.5 Å². The van der Waals surface area contributed by atoms with Gasteiger partial charge < -0.3 is 14.7 Å². The molecule has 0 aliphatic carbocycles. The van der Waals surface area contributed by atoms with E-state index < -0.39 is 16.8 Å². The molecule has 0 fully saturated rings. The summed E-state index contributed by atoms with van der Waals surface area (Å²) in [6.45, 7) is 10.6. The lowest BCUT2D eigenvalue weighted by Gasteiger charge is -2.17. The van der Waals surface area contributed by atoms with Crippen LogP contribution in [0.25, 0.3) is 0 Å². The molecule has 0 saturated heterocycles. The minimum Gasteiger partial charge on any atom is -0.400 e. The number of oxime groups is 1. The van der Waals surface area contributed by atoms with E-state index in [1.54, 1.807) is 36.4 Å². The molecule has 0 aliphatic heterocycles. The fraction of sp³-hybridized carbons (Fsp3) is 0.385. The van der Waals surface area contributed by atoms with Crippen LogP contribution in [-0.2, 0) is 9.57 Å². The highest BCUT2D eigenvalue weighted by atomic mass is 16.7. The standard InChI is InChI=1S/C26H31NO6/c1-25(2,3)21(29)17-7-11-19(12-8-17)23(27-32-16-15-28)33-24(31)20-13-9-18(10-14-20)22(30)26(4,5)6/h7-14,28H,15-16H2,1-6H3/b27-23+. The number of carbonyl (C=O) groups is 3. The number of nitrogens with zero attached hydrogens (tertiary/aromatic N) is 1. The molecule has 7 nitrogen and oxygen atoms in total. The predicted molar refractivity (Wildman–Crippen MR) is 125 cm³/mol. The fourth-order valence-corrected chi connectivity index (χ4v) is 2.81. The largest absolute Gasteiger partial charge is 0.400 e.